The van der Waals surface area contributed by atoms with Gasteiger partial charge in [0.1, 0.15) is 17.1 Å². The van der Waals surface area contributed by atoms with E-state index in [0.717, 1.165) is 0 Å². The van der Waals surface area contributed by atoms with Crippen LogP contribution in [0.5, 0.6) is 0 Å². The summed E-state index contributed by atoms with van der Waals surface area (Å²) in [6.07, 6.45) is 0. The van der Waals surface area contributed by atoms with Gasteiger partial charge in [-0.05, 0) is 12.5 Å². The molecule has 2 rings (SSSR count). The molecule has 2 aromatic carbocycles. The van der Waals surface area contributed by atoms with Crippen LogP contribution < -0.4 is 5.32 Å². The van der Waals surface area contributed by atoms with Gasteiger partial charge in [-0.3, -0.25) is 0 Å². The van der Waals surface area contributed by atoms with Gasteiger partial charge < -0.3 is 10.4 Å². The predicted molar refractivity (Wildman–Crippen MR) is 70.8 cm³/mol. The van der Waals surface area contributed by atoms with E-state index in [9.17, 15) is 18.3 Å². The molecule has 2 nitrogen and oxygen atoms in total. The summed E-state index contributed by atoms with van der Waals surface area (Å²) in [7, 11) is 0. The lowest BCUT2D eigenvalue weighted by Crippen LogP contribution is -2.31. The number of halogens is 3. The zero-order chi connectivity index (χ0) is 14.8. The molecule has 0 heterocycles. The van der Waals surface area contributed by atoms with Crippen LogP contribution in [0, 0.1) is 17.5 Å². The molecule has 0 radical (unpaired) electrons. The Hall–Kier alpha value is -2.01. The largest absolute Gasteiger partial charge is 0.384 e. The molecular weight excluding hydrogens is 267 g/mol. The monoisotopic (exact) mass is 281 g/mol. The van der Waals surface area contributed by atoms with E-state index < -0.39 is 28.7 Å². The van der Waals surface area contributed by atoms with Crippen molar-refractivity contribution in [3.05, 3.63) is 65.5 Å². The highest BCUT2D eigenvalue weighted by atomic mass is 19.1. The first-order valence-electron chi connectivity index (χ1n) is 6.06. The van der Waals surface area contributed by atoms with Crippen molar-refractivity contribution in [3.8, 4) is 0 Å². The van der Waals surface area contributed by atoms with Crippen LogP contribution in [-0.4, -0.2) is 11.7 Å². The SMILES string of the molecule is CC(O)(CNc1c(F)cc(F)cc1F)c1ccccc1. The van der Waals surface area contributed by atoms with Crippen LogP contribution in [0.1, 0.15) is 12.5 Å². The highest BCUT2D eigenvalue weighted by Gasteiger charge is 2.24. The average molecular weight is 281 g/mol. The Bertz CT molecular complexity index is 576. The lowest BCUT2D eigenvalue weighted by molar-refractivity contribution is 0.0714. The van der Waals surface area contributed by atoms with Crippen LogP contribution in [0.3, 0.4) is 0 Å². The van der Waals surface area contributed by atoms with E-state index in [1.165, 1.54) is 6.92 Å². The smallest absolute Gasteiger partial charge is 0.152 e. The molecular formula is C15H14F3NO. The van der Waals surface area contributed by atoms with Crippen molar-refractivity contribution in [2.24, 2.45) is 0 Å². The summed E-state index contributed by atoms with van der Waals surface area (Å²) in [5, 5.41) is 12.8. The fourth-order valence-corrected chi connectivity index (χ4v) is 1.87. The zero-order valence-electron chi connectivity index (χ0n) is 10.8. The molecule has 1 atom stereocenters. The minimum absolute atomic E-state index is 0.115. The van der Waals surface area contributed by atoms with Crippen molar-refractivity contribution in [2.75, 3.05) is 11.9 Å². The second-order valence-corrected chi connectivity index (χ2v) is 4.74. The van der Waals surface area contributed by atoms with Crippen LogP contribution in [0.25, 0.3) is 0 Å². The number of rotatable bonds is 4. The van der Waals surface area contributed by atoms with Crippen LogP contribution in [-0.2, 0) is 5.60 Å². The van der Waals surface area contributed by atoms with E-state index in [1.54, 1.807) is 30.3 Å². The summed E-state index contributed by atoms with van der Waals surface area (Å²) in [5.74, 6) is -3.06. The molecule has 0 bridgehead atoms. The van der Waals surface area contributed by atoms with Crippen molar-refractivity contribution in [2.45, 2.75) is 12.5 Å². The second-order valence-electron chi connectivity index (χ2n) is 4.74. The molecule has 0 aliphatic rings. The Morgan fingerprint density at radius 3 is 2.15 bits per heavy atom. The van der Waals surface area contributed by atoms with Gasteiger partial charge in [-0.2, -0.15) is 0 Å². The van der Waals surface area contributed by atoms with E-state index in [-0.39, 0.29) is 6.54 Å². The molecule has 0 amide bonds. The first kappa shape index (κ1) is 14.4. The fraction of sp³-hybridized carbons (Fsp3) is 0.200. The molecule has 0 fully saturated rings. The van der Waals surface area contributed by atoms with Crippen molar-refractivity contribution in [3.63, 3.8) is 0 Å². The molecule has 106 valence electrons. The summed E-state index contributed by atoms with van der Waals surface area (Å²) in [6, 6.07) is 9.89. The van der Waals surface area contributed by atoms with E-state index in [0.29, 0.717) is 17.7 Å². The zero-order valence-corrected chi connectivity index (χ0v) is 10.8. The maximum absolute atomic E-state index is 13.5. The number of hydrogen-bond acceptors (Lipinski definition) is 2. The first-order chi connectivity index (χ1) is 9.40. The van der Waals surface area contributed by atoms with Gasteiger partial charge in [-0.1, -0.05) is 30.3 Å². The number of aliphatic hydroxyl groups is 1. The summed E-state index contributed by atoms with van der Waals surface area (Å²) in [5.41, 5.74) is -1.16. The predicted octanol–water partition coefficient (Wildman–Crippen LogP) is 3.42. The molecule has 0 spiro atoms. The minimum Gasteiger partial charge on any atom is -0.384 e. The maximum Gasteiger partial charge on any atom is 0.152 e. The van der Waals surface area contributed by atoms with Gasteiger partial charge in [0.05, 0.1) is 0 Å². The van der Waals surface area contributed by atoms with Gasteiger partial charge in [0, 0.05) is 18.7 Å². The number of benzene rings is 2. The standard InChI is InChI=1S/C15H14F3NO/c1-15(20,10-5-3-2-4-6-10)9-19-14-12(17)7-11(16)8-13(14)18/h2-8,19-20H,9H2,1H3. The Labute approximate surface area is 114 Å². The third-order valence-corrected chi connectivity index (χ3v) is 3.01. The Kier molecular flexibility index (Phi) is 3.99. The van der Waals surface area contributed by atoms with Gasteiger partial charge in [0.25, 0.3) is 0 Å². The van der Waals surface area contributed by atoms with E-state index >= 15 is 0 Å². The van der Waals surface area contributed by atoms with Gasteiger partial charge in [-0.25, -0.2) is 13.2 Å². The third-order valence-electron chi connectivity index (χ3n) is 3.01. The topological polar surface area (TPSA) is 32.3 Å². The highest BCUT2D eigenvalue weighted by Crippen LogP contribution is 2.24. The van der Waals surface area contributed by atoms with Crippen LogP contribution in [0.4, 0.5) is 18.9 Å². The van der Waals surface area contributed by atoms with Crippen molar-refractivity contribution >= 4 is 5.69 Å². The lowest BCUT2D eigenvalue weighted by atomic mass is 9.96. The van der Waals surface area contributed by atoms with Crippen molar-refractivity contribution in [1.29, 1.82) is 0 Å². The van der Waals surface area contributed by atoms with Crippen LogP contribution in [0.2, 0.25) is 0 Å². The maximum atomic E-state index is 13.5. The molecule has 0 saturated heterocycles. The van der Waals surface area contributed by atoms with Gasteiger partial charge >= 0.3 is 0 Å². The van der Waals surface area contributed by atoms with Crippen molar-refractivity contribution in [1.82, 2.24) is 0 Å². The summed E-state index contributed by atoms with van der Waals surface area (Å²) < 4.78 is 39.7. The van der Waals surface area contributed by atoms with Crippen molar-refractivity contribution < 1.29 is 18.3 Å². The van der Waals surface area contributed by atoms with E-state index in [2.05, 4.69) is 5.32 Å². The van der Waals surface area contributed by atoms with E-state index in [1.807, 2.05) is 0 Å². The first-order valence-corrected chi connectivity index (χ1v) is 6.06. The normalized spacial score (nSPS) is 13.8. The highest BCUT2D eigenvalue weighted by molar-refractivity contribution is 5.47. The molecule has 0 aliphatic heterocycles. The molecule has 2 aromatic rings. The number of anilines is 1. The summed E-state index contributed by atoms with van der Waals surface area (Å²) >= 11 is 0. The van der Waals surface area contributed by atoms with Gasteiger partial charge in [-0.15, -0.1) is 0 Å². The Morgan fingerprint density at radius 2 is 1.60 bits per heavy atom. The molecule has 20 heavy (non-hydrogen) atoms. The lowest BCUT2D eigenvalue weighted by Gasteiger charge is -2.25. The second kappa shape index (κ2) is 5.54. The number of hydrogen-bond donors (Lipinski definition) is 2. The molecule has 0 saturated carbocycles. The van der Waals surface area contributed by atoms with Gasteiger partial charge in [0.2, 0.25) is 0 Å². The summed E-state index contributed by atoms with van der Waals surface area (Å²) in [6.45, 7) is 1.41. The fourth-order valence-electron chi connectivity index (χ4n) is 1.87. The van der Waals surface area contributed by atoms with E-state index in [4.69, 9.17) is 0 Å². The Morgan fingerprint density at radius 1 is 1.05 bits per heavy atom. The Balaban J connectivity index is 2.17. The molecule has 5 heteroatoms. The average Bonchev–Trinajstić information content (AvgIpc) is 2.38. The van der Waals surface area contributed by atoms with Gasteiger partial charge in [0.15, 0.2) is 11.6 Å². The number of nitrogens with one attached hydrogen (secondary N) is 1. The van der Waals surface area contributed by atoms with Crippen LogP contribution in [0.15, 0.2) is 42.5 Å². The summed E-state index contributed by atoms with van der Waals surface area (Å²) in [4.78, 5) is 0. The third kappa shape index (κ3) is 3.11. The minimum atomic E-state index is -1.31. The molecule has 1 unspecified atom stereocenters. The molecule has 0 aromatic heterocycles. The van der Waals surface area contributed by atoms with Crippen LogP contribution >= 0.6 is 0 Å². The molecule has 2 N–H and O–H groups in total. The quantitative estimate of drug-likeness (QED) is 0.900. The molecule has 0 aliphatic carbocycles.